The van der Waals surface area contributed by atoms with Gasteiger partial charge < -0.3 is 5.32 Å². The fourth-order valence-corrected chi connectivity index (χ4v) is 2.35. The van der Waals surface area contributed by atoms with Gasteiger partial charge in [-0.05, 0) is 43.8 Å². The summed E-state index contributed by atoms with van der Waals surface area (Å²) in [6.07, 6.45) is 0.889. The minimum atomic E-state index is 0.322. The van der Waals surface area contributed by atoms with Crippen molar-refractivity contribution >= 4 is 34.6 Å². The van der Waals surface area contributed by atoms with Crippen LogP contribution in [0, 0.1) is 0 Å². The molecule has 1 aliphatic rings. The first-order valence-electron chi connectivity index (χ1n) is 5.97. The number of hydrazone groups is 1. The first-order chi connectivity index (χ1) is 8.56. The van der Waals surface area contributed by atoms with Crippen LogP contribution in [-0.4, -0.2) is 28.4 Å². The van der Waals surface area contributed by atoms with Crippen molar-refractivity contribution in [3.8, 4) is 0 Å². The second-order valence-electron chi connectivity index (χ2n) is 4.53. The van der Waals surface area contributed by atoms with Crippen LogP contribution in [0.2, 0.25) is 5.02 Å². The van der Waals surface area contributed by atoms with E-state index in [1.165, 1.54) is 0 Å². The first-order valence-corrected chi connectivity index (χ1v) is 6.76. The van der Waals surface area contributed by atoms with E-state index >= 15 is 0 Å². The van der Waals surface area contributed by atoms with Crippen molar-refractivity contribution in [2.24, 2.45) is 5.10 Å². The van der Waals surface area contributed by atoms with E-state index < -0.39 is 0 Å². The summed E-state index contributed by atoms with van der Waals surface area (Å²) < 4.78 is 0. The summed E-state index contributed by atoms with van der Waals surface area (Å²) in [5, 5.41) is 11.0. The van der Waals surface area contributed by atoms with E-state index in [0.717, 1.165) is 29.3 Å². The van der Waals surface area contributed by atoms with Crippen molar-refractivity contribution in [3.63, 3.8) is 0 Å². The third kappa shape index (κ3) is 3.21. The van der Waals surface area contributed by atoms with Crippen molar-refractivity contribution < 1.29 is 0 Å². The van der Waals surface area contributed by atoms with Crippen LogP contribution in [0.15, 0.2) is 29.4 Å². The molecule has 2 rings (SSSR count). The van der Waals surface area contributed by atoms with Crippen LogP contribution >= 0.6 is 23.8 Å². The molecule has 0 radical (unpaired) electrons. The Bertz CT molecular complexity index is 485. The Morgan fingerprint density at radius 3 is 2.94 bits per heavy atom. The fourth-order valence-electron chi connectivity index (χ4n) is 1.80. The van der Waals surface area contributed by atoms with Crippen LogP contribution < -0.4 is 5.32 Å². The maximum atomic E-state index is 5.98. The molecule has 0 amide bonds. The predicted octanol–water partition coefficient (Wildman–Crippen LogP) is 3.03. The molecular formula is C13H16ClN3S. The number of nitrogens with zero attached hydrogens (tertiary/aromatic N) is 2. The average molecular weight is 282 g/mol. The standard InChI is InChI=1S/C13H16ClN3S/c1-9(2)15-13(18)17-7-6-12(16-17)10-4-3-5-11(14)8-10/h3-5,8-9H,6-7H2,1-2H3,(H,15,18). The SMILES string of the molecule is CC(C)NC(=S)N1CCC(c2cccc(Cl)c2)=N1. The maximum absolute atomic E-state index is 5.98. The summed E-state index contributed by atoms with van der Waals surface area (Å²) in [6.45, 7) is 4.94. The molecule has 0 unspecified atom stereocenters. The smallest absolute Gasteiger partial charge is 0.189 e. The Hall–Kier alpha value is -1.13. The van der Waals surface area contributed by atoms with Gasteiger partial charge in [-0.3, -0.25) is 0 Å². The van der Waals surface area contributed by atoms with E-state index in [4.69, 9.17) is 23.8 Å². The van der Waals surface area contributed by atoms with Gasteiger partial charge in [-0.25, -0.2) is 5.01 Å². The monoisotopic (exact) mass is 281 g/mol. The number of benzene rings is 1. The van der Waals surface area contributed by atoms with Crippen molar-refractivity contribution in [2.45, 2.75) is 26.3 Å². The van der Waals surface area contributed by atoms with Gasteiger partial charge in [0.2, 0.25) is 0 Å². The van der Waals surface area contributed by atoms with Crippen LogP contribution in [0.25, 0.3) is 0 Å². The molecule has 1 heterocycles. The van der Waals surface area contributed by atoms with Gasteiger partial charge in [-0.1, -0.05) is 23.7 Å². The summed E-state index contributed by atoms with van der Waals surface area (Å²) in [4.78, 5) is 0. The summed E-state index contributed by atoms with van der Waals surface area (Å²) in [5.41, 5.74) is 2.10. The molecule has 0 aromatic heterocycles. The summed E-state index contributed by atoms with van der Waals surface area (Å²) in [6, 6.07) is 8.08. The highest BCUT2D eigenvalue weighted by Gasteiger charge is 2.19. The lowest BCUT2D eigenvalue weighted by molar-refractivity contribution is 0.472. The van der Waals surface area contributed by atoms with E-state index in [9.17, 15) is 0 Å². The van der Waals surface area contributed by atoms with Crippen LogP contribution in [0.5, 0.6) is 0 Å². The second-order valence-corrected chi connectivity index (χ2v) is 5.36. The van der Waals surface area contributed by atoms with Gasteiger partial charge in [-0.2, -0.15) is 5.10 Å². The van der Waals surface area contributed by atoms with Crippen molar-refractivity contribution in [3.05, 3.63) is 34.9 Å². The number of hydrogen-bond acceptors (Lipinski definition) is 2. The number of hydrogen-bond donors (Lipinski definition) is 1. The molecule has 0 spiro atoms. The minimum Gasteiger partial charge on any atom is -0.359 e. The molecular weight excluding hydrogens is 266 g/mol. The molecule has 1 aromatic rings. The van der Waals surface area contributed by atoms with E-state index in [-0.39, 0.29) is 0 Å². The summed E-state index contributed by atoms with van der Waals surface area (Å²) in [7, 11) is 0. The van der Waals surface area contributed by atoms with E-state index in [0.29, 0.717) is 11.2 Å². The third-order valence-corrected chi connectivity index (χ3v) is 3.17. The van der Waals surface area contributed by atoms with Crippen LogP contribution in [0.4, 0.5) is 0 Å². The normalized spacial score (nSPS) is 14.9. The zero-order chi connectivity index (χ0) is 13.1. The zero-order valence-electron chi connectivity index (χ0n) is 10.5. The van der Waals surface area contributed by atoms with E-state index in [2.05, 4.69) is 24.3 Å². The lowest BCUT2D eigenvalue weighted by Crippen LogP contribution is -2.38. The van der Waals surface area contributed by atoms with Gasteiger partial charge in [0, 0.05) is 24.0 Å². The number of rotatable bonds is 2. The average Bonchev–Trinajstić information content (AvgIpc) is 2.77. The Morgan fingerprint density at radius 1 is 1.50 bits per heavy atom. The molecule has 1 N–H and O–H groups in total. The molecule has 0 bridgehead atoms. The maximum Gasteiger partial charge on any atom is 0.189 e. The second kappa shape index (κ2) is 5.67. The van der Waals surface area contributed by atoms with Crippen LogP contribution in [0.3, 0.4) is 0 Å². The van der Waals surface area contributed by atoms with Gasteiger partial charge in [0.05, 0.1) is 5.71 Å². The highest BCUT2D eigenvalue weighted by atomic mass is 35.5. The number of thiocarbonyl (C=S) groups is 1. The molecule has 18 heavy (non-hydrogen) atoms. The molecule has 96 valence electrons. The van der Waals surface area contributed by atoms with E-state index in [1.54, 1.807) is 0 Å². The van der Waals surface area contributed by atoms with Crippen LogP contribution in [-0.2, 0) is 0 Å². The van der Waals surface area contributed by atoms with Gasteiger partial charge in [-0.15, -0.1) is 0 Å². The van der Waals surface area contributed by atoms with Crippen LogP contribution in [0.1, 0.15) is 25.8 Å². The first kappa shape index (κ1) is 13.3. The molecule has 0 aliphatic carbocycles. The highest BCUT2D eigenvalue weighted by Crippen LogP contribution is 2.17. The van der Waals surface area contributed by atoms with Crippen molar-refractivity contribution in [1.29, 1.82) is 0 Å². The van der Waals surface area contributed by atoms with Crippen molar-refractivity contribution in [2.75, 3.05) is 6.54 Å². The highest BCUT2D eigenvalue weighted by molar-refractivity contribution is 7.80. The Morgan fingerprint density at radius 2 is 2.28 bits per heavy atom. The quantitative estimate of drug-likeness (QED) is 0.845. The third-order valence-electron chi connectivity index (χ3n) is 2.61. The molecule has 0 saturated carbocycles. The fraction of sp³-hybridized carbons (Fsp3) is 0.385. The minimum absolute atomic E-state index is 0.322. The lowest BCUT2D eigenvalue weighted by Gasteiger charge is -2.18. The zero-order valence-corrected chi connectivity index (χ0v) is 12.1. The van der Waals surface area contributed by atoms with Crippen molar-refractivity contribution in [1.82, 2.24) is 10.3 Å². The van der Waals surface area contributed by atoms with Gasteiger partial charge in [0.1, 0.15) is 0 Å². The molecule has 1 aromatic carbocycles. The summed E-state index contributed by atoms with van der Waals surface area (Å²) in [5.74, 6) is 0. The largest absolute Gasteiger partial charge is 0.359 e. The predicted molar refractivity (Wildman–Crippen MR) is 80.2 cm³/mol. The van der Waals surface area contributed by atoms with Gasteiger partial charge >= 0.3 is 0 Å². The Balaban J connectivity index is 2.11. The van der Waals surface area contributed by atoms with Gasteiger partial charge in [0.25, 0.3) is 0 Å². The number of halogens is 1. The molecule has 5 heteroatoms. The molecule has 3 nitrogen and oxygen atoms in total. The van der Waals surface area contributed by atoms with E-state index in [1.807, 2.05) is 29.3 Å². The molecule has 0 fully saturated rings. The Labute approximate surface area is 118 Å². The molecule has 1 aliphatic heterocycles. The molecule has 0 saturated heterocycles. The number of nitrogens with one attached hydrogen (secondary N) is 1. The topological polar surface area (TPSA) is 27.6 Å². The lowest BCUT2D eigenvalue weighted by atomic mass is 10.1. The molecule has 0 atom stereocenters. The van der Waals surface area contributed by atoms with Gasteiger partial charge in [0.15, 0.2) is 5.11 Å². The summed E-state index contributed by atoms with van der Waals surface area (Å²) >= 11 is 11.3. The Kier molecular flexibility index (Phi) is 4.19.